The fraction of sp³-hybridized carbons (Fsp3) is 0.0588. The Balaban J connectivity index is 2.47. The van der Waals surface area contributed by atoms with Crippen molar-refractivity contribution in [2.45, 2.75) is 6.92 Å². The van der Waals surface area contributed by atoms with Gasteiger partial charge >= 0.3 is 0 Å². The highest BCUT2D eigenvalue weighted by molar-refractivity contribution is 6.50. The monoisotopic (exact) mass is 246 g/mol. The lowest BCUT2D eigenvalue weighted by Gasteiger charge is -2.17. The molecule has 0 saturated carbocycles. The number of rotatable bonds is 0. The second-order valence-electron chi connectivity index (χ2n) is 5.41. The largest absolute Gasteiger partial charge is 0.114 e. The van der Waals surface area contributed by atoms with Crippen LogP contribution < -0.4 is 16.4 Å². The second kappa shape index (κ2) is 3.82. The summed E-state index contributed by atoms with van der Waals surface area (Å²) < 4.78 is 0. The highest BCUT2D eigenvalue weighted by Crippen LogP contribution is 2.33. The summed E-state index contributed by atoms with van der Waals surface area (Å²) in [6.45, 7) is 2.08. The van der Waals surface area contributed by atoms with E-state index < -0.39 is 0 Å². The maximum absolute atomic E-state index is 6.18. The van der Waals surface area contributed by atoms with Gasteiger partial charge in [0, 0.05) is 0 Å². The van der Waals surface area contributed by atoms with Gasteiger partial charge in [0.05, 0.1) is 0 Å². The molecule has 0 aromatic heterocycles. The Morgan fingerprint density at radius 3 is 1.55 bits per heavy atom. The van der Waals surface area contributed by atoms with Gasteiger partial charge in [-0.15, -0.1) is 0 Å². The van der Waals surface area contributed by atoms with Crippen LogP contribution in [0.4, 0.5) is 0 Å². The first-order valence-corrected chi connectivity index (χ1v) is 6.59. The van der Waals surface area contributed by atoms with E-state index in [2.05, 4.69) is 19.1 Å². The molecule has 0 aliphatic rings. The van der Waals surface area contributed by atoms with Crippen molar-refractivity contribution in [3.63, 3.8) is 0 Å². The van der Waals surface area contributed by atoms with Gasteiger partial charge in [-0.1, -0.05) is 52.8 Å². The Morgan fingerprint density at radius 2 is 1.00 bits per heavy atom. The maximum atomic E-state index is 6.18. The third-order valence-corrected chi connectivity index (χ3v) is 4.20. The van der Waals surface area contributed by atoms with Crippen LogP contribution in [0.15, 0.2) is 36.4 Å². The van der Waals surface area contributed by atoms with Crippen molar-refractivity contribution in [3.8, 4) is 0 Å². The van der Waals surface area contributed by atoms with Crippen LogP contribution in [0.3, 0.4) is 0 Å². The van der Waals surface area contributed by atoms with E-state index in [-0.39, 0.29) is 0 Å². The Labute approximate surface area is 121 Å². The van der Waals surface area contributed by atoms with E-state index in [9.17, 15) is 0 Å². The maximum Gasteiger partial charge on any atom is 0.114 e. The summed E-state index contributed by atoms with van der Waals surface area (Å²) in [5.74, 6) is 0. The molecule has 6 radical (unpaired) electrons. The molecule has 0 spiro atoms. The lowest BCUT2D eigenvalue weighted by atomic mass is 9.76. The van der Waals surface area contributed by atoms with Crippen molar-refractivity contribution >= 4 is 72.2 Å². The number of benzene rings is 4. The van der Waals surface area contributed by atoms with Crippen LogP contribution in [-0.2, 0) is 0 Å². The molecule has 20 heavy (non-hydrogen) atoms. The Kier molecular flexibility index (Phi) is 2.27. The average Bonchev–Trinajstić information content (AvgIpc) is 2.42. The first-order valence-electron chi connectivity index (χ1n) is 6.59. The van der Waals surface area contributed by atoms with Crippen LogP contribution in [0.5, 0.6) is 0 Å². The van der Waals surface area contributed by atoms with Crippen LogP contribution in [0, 0.1) is 6.92 Å². The van der Waals surface area contributed by atoms with Gasteiger partial charge in [0.2, 0.25) is 0 Å². The summed E-state index contributed by atoms with van der Waals surface area (Å²) in [6.07, 6.45) is 0. The topological polar surface area (TPSA) is 0 Å². The van der Waals surface area contributed by atoms with Gasteiger partial charge in [-0.05, 0) is 44.8 Å². The molecule has 0 unspecified atom stereocenters. The SMILES string of the molecule is [B]c1cc([B])c2ccc3c(C)cc([B])c4ccc1c2c43. The molecule has 0 saturated heterocycles. The molecule has 3 heteroatoms. The van der Waals surface area contributed by atoms with Crippen molar-refractivity contribution < 1.29 is 0 Å². The standard InChI is InChI=1S/C17H9B3/c1-8-6-13(18)10-4-5-12-15(20)7-14(19)11-3-2-9(8)16(10)17(11)12/h2-7H,1H3. The molecule has 0 fully saturated rings. The summed E-state index contributed by atoms with van der Waals surface area (Å²) in [5, 5.41) is 6.63. The molecule has 0 amide bonds. The van der Waals surface area contributed by atoms with E-state index >= 15 is 0 Å². The van der Waals surface area contributed by atoms with Gasteiger partial charge in [-0.3, -0.25) is 0 Å². The van der Waals surface area contributed by atoms with Gasteiger partial charge in [0.15, 0.2) is 0 Å². The number of hydrogen-bond acceptors (Lipinski definition) is 0. The predicted molar refractivity (Wildman–Crippen MR) is 91.0 cm³/mol. The molecular formula is C17H9B3. The predicted octanol–water partition coefficient (Wildman–Crippen LogP) is 1.27. The van der Waals surface area contributed by atoms with Gasteiger partial charge in [0.1, 0.15) is 23.5 Å². The molecule has 0 atom stereocenters. The zero-order valence-electron chi connectivity index (χ0n) is 11.2. The lowest BCUT2D eigenvalue weighted by molar-refractivity contribution is 1.56. The van der Waals surface area contributed by atoms with E-state index in [1.54, 1.807) is 0 Å². The first-order chi connectivity index (χ1) is 9.58. The van der Waals surface area contributed by atoms with Gasteiger partial charge in [-0.2, -0.15) is 0 Å². The van der Waals surface area contributed by atoms with Gasteiger partial charge in [-0.25, -0.2) is 0 Å². The molecule has 4 aromatic rings. The summed E-state index contributed by atoms with van der Waals surface area (Å²) in [5.41, 5.74) is 3.39. The summed E-state index contributed by atoms with van der Waals surface area (Å²) >= 11 is 0. The Hall–Kier alpha value is -1.89. The van der Waals surface area contributed by atoms with Gasteiger partial charge in [0.25, 0.3) is 0 Å². The van der Waals surface area contributed by atoms with Crippen molar-refractivity contribution in [3.05, 3.63) is 42.0 Å². The third kappa shape index (κ3) is 1.36. The van der Waals surface area contributed by atoms with Crippen molar-refractivity contribution in [1.29, 1.82) is 0 Å². The lowest BCUT2D eigenvalue weighted by Crippen LogP contribution is -2.16. The Morgan fingerprint density at radius 1 is 0.600 bits per heavy atom. The highest BCUT2D eigenvalue weighted by atomic mass is 14.1. The van der Waals surface area contributed by atoms with Crippen molar-refractivity contribution in [2.24, 2.45) is 0 Å². The quantitative estimate of drug-likeness (QED) is 0.323. The summed E-state index contributed by atoms with van der Waals surface area (Å²) in [4.78, 5) is 0. The normalized spacial score (nSPS) is 11.8. The van der Waals surface area contributed by atoms with Crippen LogP contribution in [-0.4, -0.2) is 23.5 Å². The van der Waals surface area contributed by atoms with E-state index in [0.29, 0.717) is 10.9 Å². The second-order valence-corrected chi connectivity index (χ2v) is 5.41. The molecule has 0 N–H and O–H groups in total. The zero-order valence-corrected chi connectivity index (χ0v) is 11.2. The molecule has 86 valence electrons. The molecular weight excluding hydrogens is 237 g/mol. The summed E-state index contributed by atoms with van der Waals surface area (Å²) in [6, 6.07) is 12.1. The molecule has 4 rings (SSSR count). The minimum atomic E-state index is 0.712. The van der Waals surface area contributed by atoms with Crippen molar-refractivity contribution in [1.82, 2.24) is 0 Å². The molecule has 0 nitrogen and oxygen atoms in total. The van der Waals surface area contributed by atoms with Crippen molar-refractivity contribution in [2.75, 3.05) is 0 Å². The molecule has 0 aliphatic carbocycles. The number of hydrogen-bond donors (Lipinski definition) is 0. The number of aryl methyl sites for hydroxylation is 1. The molecule has 4 aromatic carbocycles. The molecule has 0 aliphatic heterocycles. The summed E-state index contributed by atoms with van der Waals surface area (Å²) in [7, 11) is 18.4. The van der Waals surface area contributed by atoms with E-state index in [0.717, 1.165) is 32.4 Å². The Bertz CT molecular complexity index is 832. The van der Waals surface area contributed by atoms with Gasteiger partial charge < -0.3 is 0 Å². The minimum absolute atomic E-state index is 0.712. The van der Waals surface area contributed by atoms with E-state index in [4.69, 9.17) is 23.5 Å². The van der Waals surface area contributed by atoms with E-state index in [1.165, 1.54) is 10.9 Å². The molecule has 0 bridgehead atoms. The zero-order chi connectivity index (χ0) is 14.0. The molecule has 0 heterocycles. The van der Waals surface area contributed by atoms with E-state index in [1.807, 2.05) is 24.3 Å². The highest BCUT2D eigenvalue weighted by Gasteiger charge is 2.13. The fourth-order valence-electron chi connectivity index (χ4n) is 3.26. The average molecular weight is 246 g/mol. The van der Waals surface area contributed by atoms with Crippen LogP contribution in [0.1, 0.15) is 5.56 Å². The van der Waals surface area contributed by atoms with Crippen LogP contribution >= 0.6 is 0 Å². The third-order valence-electron chi connectivity index (χ3n) is 4.20. The first kappa shape index (κ1) is 11.9. The van der Waals surface area contributed by atoms with Crippen LogP contribution in [0.2, 0.25) is 0 Å². The van der Waals surface area contributed by atoms with Crippen LogP contribution in [0.25, 0.3) is 32.3 Å². The fourth-order valence-corrected chi connectivity index (χ4v) is 3.26. The minimum Gasteiger partial charge on any atom is -0.0895 e. The smallest absolute Gasteiger partial charge is 0.0895 e.